The molecule has 0 saturated heterocycles. The number of nitrogens with zero attached hydrogens (tertiary/aromatic N) is 2. The molecule has 1 aromatic carbocycles. The number of aryl methyl sites for hydroxylation is 1. The van der Waals surface area contributed by atoms with Gasteiger partial charge in [0, 0.05) is 28.9 Å². The Balaban J connectivity index is 2.06. The lowest BCUT2D eigenvalue weighted by Crippen LogP contribution is -2.30. The number of fused-ring (bicyclic) bond motifs is 1. The summed E-state index contributed by atoms with van der Waals surface area (Å²) in [5, 5.41) is 7.19. The molecule has 1 amide bonds. The van der Waals surface area contributed by atoms with Crippen LogP contribution in [0.25, 0.3) is 11.0 Å². The molecule has 2 N–H and O–H groups in total. The van der Waals surface area contributed by atoms with Crippen molar-refractivity contribution in [1.82, 2.24) is 14.9 Å². The van der Waals surface area contributed by atoms with Crippen LogP contribution in [-0.2, 0) is 5.54 Å². The highest BCUT2D eigenvalue weighted by Gasteiger charge is 2.23. The number of hydrogen-bond acceptors (Lipinski definition) is 3. The van der Waals surface area contributed by atoms with Gasteiger partial charge in [-0.3, -0.25) is 4.79 Å². The monoisotopic (exact) mass is 364 g/mol. The van der Waals surface area contributed by atoms with Gasteiger partial charge in [0.2, 0.25) is 0 Å². The summed E-state index contributed by atoms with van der Waals surface area (Å²) in [6.45, 7) is 12.3. The molecule has 0 spiro atoms. The molecule has 0 unspecified atom stereocenters. The second-order valence-electron chi connectivity index (χ2n) is 8.27. The van der Waals surface area contributed by atoms with Gasteiger partial charge in [-0.2, -0.15) is 0 Å². The van der Waals surface area contributed by atoms with Gasteiger partial charge in [-0.05, 0) is 65.8 Å². The average Bonchev–Trinajstić information content (AvgIpc) is 2.95. The van der Waals surface area contributed by atoms with Crippen molar-refractivity contribution in [2.24, 2.45) is 0 Å². The first-order valence-corrected chi connectivity index (χ1v) is 9.32. The smallest absolute Gasteiger partial charge is 0.253 e. The van der Waals surface area contributed by atoms with Gasteiger partial charge in [-0.25, -0.2) is 4.98 Å². The number of hydrogen-bond donors (Lipinski definition) is 2. The van der Waals surface area contributed by atoms with Crippen LogP contribution in [0.5, 0.6) is 0 Å². The first-order valence-electron chi connectivity index (χ1n) is 9.32. The lowest BCUT2D eigenvalue weighted by Gasteiger charge is -2.22. The topological polar surface area (TPSA) is 59.0 Å². The first kappa shape index (κ1) is 19.0. The predicted molar refractivity (Wildman–Crippen MR) is 112 cm³/mol. The molecule has 0 atom stereocenters. The number of carbonyl (C=O) groups excluding carboxylic acids is 1. The third kappa shape index (κ3) is 4.13. The number of anilines is 2. The molecule has 5 nitrogen and oxygen atoms in total. The Morgan fingerprint density at radius 1 is 1.07 bits per heavy atom. The van der Waals surface area contributed by atoms with Gasteiger partial charge in [0.05, 0.1) is 5.56 Å². The lowest BCUT2D eigenvalue weighted by molar-refractivity contribution is 0.0944. The van der Waals surface area contributed by atoms with Crippen LogP contribution in [0.3, 0.4) is 0 Å². The summed E-state index contributed by atoms with van der Waals surface area (Å²) in [7, 11) is 0. The fraction of sp³-hybridized carbons (Fsp3) is 0.364. The lowest BCUT2D eigenvalue weighted by atomic mass is 10.1. The van der Waals surface area contributed by atoms with E-state index in [2.05, 4.69) is 55.0 Å². The maximum atomic E-state index is 12.6. The first-order chi connectivity index (χ1) is 12.6. The van der Waals surface area contributed by atoms with Crippen molar-refractivity contribution in [2.45, 2.75) is 53.1 Å². The van der Waals surface area contributed by atoms with Crippen LogP contribution in [0, 0.1) is 6.92 Å². The van der Waals surface area contributed by atoms with Crippen molar-refractivity contribution in [3.05, 3.63) is 53.7 Å². The van der Waals surface area contributed by atoms with Crippen molar-refractivity contribution in [3.8, 4) is 0 Å². The van der Waals surface area contributed by atoms with Crippen LogP contribution >= 0.6 is 0 Å². The number of carbonyl (C=O) groups is 1. The third-order valence-corrected chi connectivity index (χ3v) is 4.36. The van der Waals surface area contributed by atoms with Crippen molar-refractivity contribution >= 4 is 28.4 Å². The molecule has 0 aliphatic carbocycles. The summed E-state index contributed by atoms with van der Waals surface area (Å²) in [4.78, 5) is 17.5. The molecule has 3 aromatic rings. The van der Waals surface area contributed by atoms with Crippen LogP contribution < -0.4 is 10.6 Å². The highest BCUT2D eigenvalue weighted by atomic mass is 16.1. The summed E-state index contributed by atoms with van der Waals surface area (Å²) in [6.07, 6.45) is 1.91. The molecule has 0 saturated carbocycles. The maximum absolute atomic E-state index is 12.6. The van der Waals surface area contributed by atoms with E-state index in [9.17, 15) is 4.79 Å². The molecule has 0 aliphatic heterocycles. The normalized spacial score (nSPS) is 11.8. The van der Waals surface area contributed by atoms with E-state index in [1.807, 2.05) is 44.3 Å². The quantitative estimate of drug-likeness (QED) is 0.686. The second kappa shape index (κ2) is 7.06. The minimum absolute atomic E-state index is 0.0703. The van der Waals surface area contributed by atoms with Crippen molar-refractivity contribution in [1.29, 1.82) is 0 Å². The summed E-state index contributed by atoms with van der Waals surface area (Å²) < 4.78 is 2.07. The van der Waals surface area contributed by atoms with Crippen LogP contribution in [0.15, 0.2) is 42.6 Å². The van der Waals surface area contributed by atoms with Crippen LogP contribution in [-0.4, -0.2) is 21.5 Å². The van der Waals surface area contributed by atoms with Gasteiger partial charge >= 0.3 is 0 Å². The van der Waals surface area contributed by atoms with E-state index < -0.39 is 0 Å². The van der Waals surface area contributed by atoms with Crippen LogP contribution in [0.4, 0.5) is 11.5 Å². The maximum Gasteiger partial charge on any atom is 0.253 e. The molecule has 3 rings (SSSR count). The summed E-state index contributed by atoms with van der Waals surface area (Å²) in [6, 6.07) is 12.2. The zero-order chi connectivity index (χ0) is 19.8. The predicted octanol–water partition coefficient (Wildman–Crippen LogP) is 4.98. The molecule has 142 valence electrons. The summed E-state index contributed by atoms with van der Waals surface area (Å²) in [5.74, 6) is 0.685. The number of pyridine rings is 1. The molecule has 0 radical (unpaired) electrons. The van der Waals surface area contributed by atoms with E-state index >= 15 is 0 Å². The average molecular weight is 364 g/mol. The van der Waals surface area contributed by atoms with Crippen LogP contribution in [0.2, 0.25) is 0 Å². The number of rotatable bonds is 4. The van der Waals surface area contributed by atoms with Gasteiger partial charge in [-0.1, -0.05) is 17.7 Å². The Morgan fingerprint density at radius 2 is 1.74 bits per heavy atom. The Hall–Kier alpha value is -2.82. The molecule has 0 aliphatic rings. The van der Waals surface area contributed by atoms with Gasteiger partial charge in [0.15, 0.2) is 0 Å². The Kier molecular flexibility index (Phi) is 4.96. The number of nitrogens with one attached hydrogen (secondary N) is 2. The van der Waals surface area contributed by atoms with E-state index in [-0.39, 0.29) is 17.5 Å². The van der Waals surface area contributed by atoms with Crippen molar-refractivity contribution in [3.63, 3.8) is 0 Å². The van der Waals surface area contributed by atoms with Crippen LogP contribution in [0.1, 0.15) is 50.5 Å². The fourth-order valence-electron chi connectivity index (χ4n) is 2.99. The van der Waals surface area contributed by atoms with E-state index in [0.717, 1.165) is 22.5 Å². The molecule has 0 bridgehead atoms. The highest BCUT2D eigenvalue weighted by molar-refractivity contribution is 6.06. The molecule has 2 aromatic heterocycles. The van der Waals surface area contributed by atoms with E-state index in [4.69, 9.17) is 4.98 Å². The van der Waals surface area contributed by atoms with Crippen molar-refractivity contribution < 1.29 is 4.79 Å². The second-order valence-corrected chi connectivity index (χ2v) is 8.27. The third-order valence-electron chi connectivity index (χ3n) is 4.36. The molecule has 27 heavy (non-hydrogen) atoms. The Bertz CT molecular complexity index is 962. The molecular formula is C22H28N4O. The van der Waals surface area contributed by atoms with E-state index in [1.165, 1.54) is 5.56 Å². The summed E-state index contributed by atoms with van der Waals surface area (Å²) >= 11 is 0. The number of benzene rings is 1. The zero-order valence-electron chi connectivity index (χ0n) is 16.9. The molecular weight excluding hydrogens is 336 g/mol. The largest absolute Gasteiger partial charge is 0.350 e. The molecule has 0 fully saturated rings. The van der Waals surface area contributed by atoms with E-state index in [1.54, 1.807) is 0 Å². The standard InChI is InChI=1S/C22H28N4O/c1-14(2)23-21(27)18-13-26(22(4,5)6)20-17(18)11-12-19(25-20)24-16-9-7-15(3)8-10-16/h7-14H,1-6H3,(H,23,27)(H,24,25). The summed E-state index contributed by atoms with van der Waals surface area (Å²) in [5.41, 5.74) is 3.46. The highest BCUT2D eigenvalue weighted by Crippen LogP contribution is 2.28. The molecule has 2 heterocycles. The van der Waals surface area contributed by atoms with E-state index in [0.29, 0.717) is 5.56 Å². The Morgan fingerprint density at radius 3 is 2.33 bits per heavy atom. The minimum Gasteiger partial charge on any atom is -0.350 e. The van der Waals surface area contributed by atoms with Gasteiger partial charge in [0.1, 0.15) is 11.5 Å². The van der Waals surface area contributed by atoms with Crippen molar-refractivity contribution in [2.75, 3.05) is 5.32 Å². The minimum atomic E-state index is -0.190. The zero-order valence-corrected chi connectivity index (χ0v) is 16.9. The van der Waals surface area contributed by atoms with Gasteiger partial charge < -0.3 is 15.2 Å². The SMILES string of the molecule is Cc1ccc(Nc2ccc3c(C(=O)NC(C)C)cn(C(C)(C)C)c3n2)cc1. The number of aromatic nitrogens is 2. The number of amides is 1. The molecule has 5 heteroatoms. The Labute approximate surface area is 160 Å². The fourth-order valence-corrected chi connectivity index (χ4v) is 2.99. The van der Waals surface area contributed by atoms with Gasteiger partial charge in [0.25, 0.3) is 5.91 Å². The van der Waals surface area contributed by atoms with Gasteiger partial charge in [-0.15, -0.1) is 0 Å².